The number of hydrogen-bond acceptors (Lipinski definition) is 4. The molecular formula is C13H18O5. The third-order valence-electron chi connectivity index (χ3n) is 2.94. The van der Waals surface area contributed by atoms with Crippen LogP contribution in [0.1, 0.15) is 18.9 Å². The standard InChI is InChI=1S/C13H18O5/c1-3-11(14)13(17,12(15)16)8-9-4-6-10(18-2)7-5-9/h4-7,11,14,17H,3,8H2,1-2H3,(H,15,16). The summed E-state index contributed by atoms with van der Waals surface area (Å²) < 4.78 is 4.99. The van der Waals surface area contributed by atoms with Crippen molar-refractivity contribution in [2.75, 3.05) is 7.11 Å². The molecule has 2 atom stereocenters. The van der Waals surface area contributed by atoms with Gasteiger partial charge in [0.1, 0.15) is 5.75 Å². The average molecular weight is 254 g/mol. The molecule has 0 saturated carbocycles. The highest BCUT2D eigenvalue weighted by molar-refractivity contribution is 5.78. The van der Waals surface area contributed by atoms with Crippen molar-refractivity contribution in [1.82, 2.24) is 0 Å². The molecule has 1 aromatic carbocycles. The van der Waals surface area contributed by atoms with E-state index in [0.29, 0.717) is 11.3 Å². The van der Waals surface area contributed by atoms with Crippen LogP contribution >= 0.6 is 0 Å². The zero-order chi connectivity index (χ0) is 13.8. The first-order valence-corrected chi connectivity index (χ1v) is 5.70. The topological polar surface area (TPSA) is 87.0 Å². The van der Waals surface area contributed by atoms with Gasteiger partial charge < -0.3 is 20.1 Å². The summed E-state index contributed by atoms with van der Waals surface area (Å²) in [6.07, 6.45) is -1.29. The molecule has 0 fully saturated rings. The Kier molecular flexibility index (Phi) is 4.69. The van der Waals surface area contributed by atoms with Gasteiger partial charge in [-0.2, -0.15) is 0 Å². The van der Waals surface area contributed by atoms with Crippen LogP contribution in [0.15, 0.2) is 24.3 Å². The lowest BCUT2D eigenvalue weighted by Gasteiger charge is -2.28. The first kappa shape index (κ1) is 14.5. The fourth-order valence-corrected chi connectivity index (χ4v) is 1.73. The second-order valence-electron chi connectivity index (χ2n) is 4.18. The van der Waals surface area contributed by atoms with Crippen molar-refractivity contribution in [3.63, 3.8) is 0 Å². The minimum atomic E-state index is -2.16. The summed E-state index contributed by atoms with van der Waals surface area (Å²) in [6.45, 7) is 1.62. The van der Waals surface area contributed by atoms with Crippen molar-refractivity contribution >= 4 is 5.97 Å². The highest BCUT2D eigenvalue weighted by Gasteiger charge is 2.42. The Balaban J connectivity index is 2.93. The van der Waals surface area contributed by atoms with Gasteiger partial charge in [-0.25, -0.2) is 4.79 Å². The summed E-state index contributed by atoms with van der Waals surface area (Å²) in [6, 6.07) is 6.68. The number of methoxy groups -OCH3 is 1. The average Bonchev–Trinajstić information content (AvgIpc) is 2.38. The lowest BCUT2D eigenvalue weighted by atomic mass is 9.88. The van der Waals surface area contributed by atoms with E-state index in [2.05, 4.69) is 0 Å². The Morgan fingerprint density at radius 3 is 2.33 bits per heavy atom. The van der Waals surface area contributed by atoms with Crippen LogP contribution in [0.3, 0.4) is 0 Å². The highest BCUT2D eigenvalue weighted by atomic mass is 16.5. The minimum absolute atomic E-state index is 0.151. The van der Waals surface area contributed by atoms with Gasteiger partial charge in [0.15, 0.2) is 5.60 Å². The van der Waals surface area contributed by atoms with Crippen LogP contribution in [0.2, 0.25) is 0 Å². The third-order valence-corrected chi connectivity index (χ3v) is 2.94. The summed E-state index contributed by atoms with van der Waals surface area (Å²) in [5.41, 5.74) is -1.54. The number of carbonyl (C=O) groups is 1. The van der Waals surface area contributed by atoms with Gasteiger partial charge in [0.2, 0.25) is 0 Å². The zero-order valence-corrected chi connectivity index (χ0v) is 10.5. The van der Waals surface area contributed by atoms with Gasteiger partial charge in [0, 0.05) is 6.42 Å². The molecule has 0 bridgehead atoms. The van der Waals surface area contributed by atoms with Crippen molar-refractivity contribution in [1.29, 1.82) is 0 Å². The largest absolute Gasteiger partial charge is 0.497 e. The van der Waals surface area contributed by atoms with Crippen molar-refractivity contribution in [3.05, 3.63) is 29.8 Å². The van der Waals surface area contributed by atoms with E-state index in [4.69, 9.17) is 9.84 Å². The van der Waals surface area contributed by atoms with E-state index < -0.39 is 17.7 Å². The predicted molar refractivity (Wildman–Crippen MR) is 65.6 cm³/mol. The van der Waals surface area contributed by atoms with Gasteiger partial charge in [0.05, 0.1) is 13.2 Å². The van der Waals surface area contributed by atoms with Crippen molar-refractivity contribution in [3.8, 4) is 5.75 Å². The number of aliphatic hydroxyl groups is 2. The molecule has 0 radical (unpaired) electrons. The second kappa shape index (κ2) is 5.84. The second-order valence-corrected chi connectivity index (χ2v) is 4.18. The molecular weight excluding hydrogens is 236 g/mol. The number of carboxylic acids is 1. The minimum Gasteiger partial charge on any atom is -0.497 e. The summed E-state index contributed by atoms with van der Waals surface area (Å²) in [7, 11) is 1.53. The van der Waals surface area contributed by atoms with Crippen LogP contribution in [0.25, 0.3) is 0 Å². The lowest BCUT2D eigenvalue weighted by Crippen LogP contribution is -2.51. The maximum absolute atomic E-state index is 11.1. The van der Waals surface area contributed by atoms with E-state index in [0.717, 1.165) is 0 Å². The molecule has 0 saturated heterocycles. The molecule has 3 N–H and O–H groups in total. The maximum Gasteiger partial charge on any atom is 0.338 e. The molecule has 0 aliphatic rings. The first-order valence-electron chi connectivity index (χ1n) is 5.70. The Bertz CT molecular complexity index is 400. The number of aliphatic carboxylic acids is 1. The molecule has 0 aliphatic heterocycles. The van der Waals surface area contributed by atoms with Crippen LogP contribution in [0.5, 0.6) is 5.75 Å². The van der Waals surface area contributed by atoms with E-state index in [9.17, 15) is 15.0 Å². The number of aliphatic hydroxyl groups excluding tert-OH is 1. The molecule has 100 valence electrons. The van der Waals surface area contributed by atoms with Gasteiger partial charge in [-0.15, -0.1) is 0 Å². The Morgan fingerprint density at radius 2 is 1.94 bits per heavy atom. The van der Waals surface area contributed by atoms with Crippen LogP contribution in [0.4, 0.5) is 0 Å². The predicted octanol–water partition coefficient (Wildman–Crippen LogP) is 0.824. The fourth-order valence-electron chi connectivity index (χ4n) is 1.73. The van der Waals surface area contributed by atoms with Crippen LogP contribution in [-0.2, 0) is 11.2 Å². The first-order chi connectivity index (χ1) is 8.43. The van der Waals surface area contributed by atoms with Gasteiger partial charge >= 0.3 is 5.97 Å². The monoisotopic (exact) mass is 254 g/mol. The summed E-state index contributed by atoms with van der Waals surface area (Å²) >= 11 is 0. The molecule has 1 aromatic rings. The van der Waals surface area contributed by atoms with Crippen LogP contribution < -0.4 is 4.74 Å². The molecule has 0 aromatic heterocycles. The SMILES string of the molecule is CCC(O)C(O)(Cc1ccc(OC)cc1)C(=O)O. The molecule has 2 unspecified atom stereocenters. The van der Waals surface area contributed by atoms with Gasteiger partial charge in [-0.05, 0) is 24.1 Å². The van der Waals surface area contributed by atoms with Gasteiger partial charge in [0.25, 0.3) is 0 Å². The fraction of sp³-hybridized carbons (Fsp3) is 0.462. The van der Waals surface area contributed by atoms with E-state index >= 15 is 0 Å². The van der Waals surface area contributed by atoms with Crippen LogP contribution in [0, 0.1) is 0 Å². The van der Waals surface area contributed by atoms with E-state index in [1.165, 1.54) is 7.11 Å². The summed E-state index contributed by atoms with van der Waals surface area (Å²) in [5, 5.41) is 28.8. The Morgan fingerprint density at radius 1 is 1.39 bits per heavy atom. The molecule has 18 heavy (non-hydrogen) atoms. The molecule has 0 spiro atoms. The van der Waals surface area contributed by atoms with E-state index in [1.54, 1.807) is 31.2 Å². The molecule has 5 heteroatoms. The van der Waals surface area contributed by atoms with Crippen LogP contribution in [-0.4, -0.2) is 40.1 Å². The van der Waals surface area contributed by atoms with Gasteiger partial charge in [-0.1, -0.05) is 19.1 Å². The highest BCUT2D eigenvalue weighted by Crippen LogP contribution is 2.22. The zero-order valence-electron chi connectivity index (χ0n) is 10.5. The third kappa shape index (κ3) is 3.00. The lowest BCUT2D eigenvalue weighted by molar-refractivity contribution is -0.171. The molecule has 0 amide bonds. The molecule has 0 aliphatic carbocycles. The van der Waals surface area contributed by atoms with Crippen molar-refractivity contribution in [2.45, 2.75) is 31.5 Å². The van der Waals surface area contributed by atoms with Gasteiger partial charge in [-0.3, -0.25) is 0 Å². The summed E-state index contributed by atoms with van der Waals surface area (Å²) in [4.78, 5) is 11.1. The molecule has 5 nitrogen and oxygen atoms in total. The van der Waals surface area contributed by atoms with Crippen molar-refractivity contribution < 1.29 is 24.9 Å². The van der Waals surface area contributed by atoms with E-state index in [1.807, 2.05) is 0 Å². The maximum atomic E-state index is 11.1. The summed E-state index contributed by atoms with van der Waals surface area (Å²) in [5.74, 6) is -0.777. The Hall–Kier alpha value is -1.59. The number of ether oxygens (including phenoxy) is 1. The Labute approximate surface area is 106 Å². The molecule has 0 heterocycles. The number of carboxylic acid groups (broad SMARTS) is 1. The normalized spacial score (nSPS) is 15.8. The number of hydrogen-bond donors (Lipinski definition) is 3. The molecule has 1 rings (SSSR count). The smallest absolute Gasteiger partial charge is 0.338 e. The quantitative estimate of drug-likeness (QED) is 0.699. The van der Waals surface area contributed by atoms with Crippen molar-refractivity contribution in [2.24, 2.45) is 0 Å². The van der Waals surface area contributed by atoms with E-state index in [-0.39, 0.29) is 12.8 Å². The number of benzene rings is 1. The number of rotatable bonds is 6.